The van der Waals surface area contributed by atoms with Crippen LogP contribution in [0.3, 0.4) is 0 Å². The summed E-state index contributed by atoms with van der Waals surface area (Å²) in [4.78, 5) is 3.96. The molecule has 0 aliphatic heterocycles. The predicted octanol–water partition coefficient (Wildman–Crippen LogP) is 2.36. The maximum absolute atomic E-state index is 11.5. The summed E-state index contributed by atoms with van der Waals surface area (Å²) in [5.41, 5.74) is 1.15. The molecule has 1 fully saturated rings. The molecule has 0 spiro atoms. The van der Waals surface area contributed by atoms with Gasteiger partial charge in [0.1, 0.15) is 0 Å². The Labute approximate surface area is 103 Å². The van der Waals surface area contributed by atoms with Crippen LogP contribution in [-0.2, 0) is 9.84 Å². The van der Waals surface area contributed by atoms with Crippen LogP contribution in [0.25, 0.3) is 0 Å². The Kier molecular flexibility index (Phi) is 3.03. The Morgan fingerprint density at radius 1 is 1.47 bits per heavy atom. The lowest BCUT2D eigenvalue weighted by Crippen LogP contribution is -2.13. The molecule has 1 aliphatic carbocycles. The Balaban J connectivity index is 2.50. The van der Waals surface area contributed by atoms with Gasteiger partial charge in [0.05, 0.1) is 3.57 Å². The van der Waals surface area contributed by atoms with Gasteiger partial charge in [-0.3, -0.25) is 0 Å². The number of hydrogen-bond donors (Lipinski definition) is 0. The second kappa shape index (κ2) is 4.01. The number of pyridine rings is 1. The molecule has 82 valence electrons. The lowest BCUT2D eigenvalue weighted by Gasteiger charge is -2.27. The van der Waals surface area contributed by atoms with Crippen LogP contribution in [0.4, 0.5) is 0 Å². The molecule has 2 rings (SSSR count). The molecular formula is C10H12INO2S. The van der Waals surface area contributed by atoms with E-state index in [2.05, 4.69) is 27.6 Å². The molecule has 0 N–H and O–H groups in total. The number of halogens is 1. The molecule has 1 aromatic rings. The fourth-order valence-corrected chi connectivity index (χ4v) is 4.39. The molecule has 0 unspecified atom stereocenters. The third kappa shape index (κ3) is 2.18. The molecule has 1 aliphatic rings. The van der Waals surface area contributed by atoms with Gasteiger partial charge in [0.15, 0.2) is 14.9 Å². The normalized spacial score (nSPS) is 17.5. The molecule has 0 radical (unpaired) electrons. The largest absolute Gasteiger partial charge is 0.244 e. The summed E-state index contributed by atoms with van der Waals surface area (Å²) >= 11 is 2.10. The van der Waals surface area contributed by atoms with Crippen LogP contribution in [-0.4, -0.2) is 19.7 Å². The van der Waals surface area contributed by atoms with E-state index in [1.54, 1.807) is 6.20 Å². The summed E-state index contributed by atoms with van der Waals surface area (Å²) in [7, 11) is -3.19. The van der Waals surface area contributed by atoms with Gasteiger partial charge in [-0.1, -0.05) is 6.42 Å². The van der Waals surface area contributed by atoms with Crippen molar-refractivity contribution >= 4 is 32.4 Å². The molecule has 0 amide bonds. The fourth-order valence-electron chi connectivity index (χ4n) is 1.73. The van der Waals surface area contributed by atoms with E-state index in [4.69, 9.17) is 0 Å². The highest BCUT2D eigenvalue weighted by atomic mass is 127. The van der Waals surface area contributed by atoms with Crippen LogP contribution in [0.1, 0.15) is 30.7 Å². The highest BCUT2D eigenvalue weighted by molar-refractivity contribution is 14.1. The molecule has 1 aromatic heterocycles. The molecule has 0 aromatic carbocycles. The van der Waals surface area contributed by atoms with Crippen LogP contribution in [0, 0.1) is 3.57 Å². The van der Waals surface area contributed by atoms with Crippen molar-refractivity contribution in [2.45, 2.75) is 30.2 Å². The predicted molar refractivity (Wildman–Crippen MR) is 66.7 cm³/mol. The van der Waals surface area contributed by atoms with Crippen LogP contribution in [0.2, 0.25) is 0 Å². The zero-order chi connectivity index (χ0) is 11.1. The van der Waals surface area contributed by atoms with E-state index in [0.29, 0.717) is 5.92 Å². The quantitative estimate of drug-likeness (QED) is 0.779. The minimum Gasteiger partial charge on any atom is -0.244 e. The van der Waals surface area contributed by atoms with Crippen molar-refractivity contribution in [3.05, 3.63) is 21.4 Å². The standard InChI is InChI=1S/C10H12INO2S/c1-15(13,14)10-9(11)8(5-6-12-10)7-3-2-4-7/h5-7H,2-4H2,1H3. The molecule has 15 heavy (non-hydrogen) atoms. The average molecular weight is 337 g/mol. The summed E-state index contributed by atoms with van der Waals surface area (Å²) in [6, 6.07) is 1.94. The lowest BCUT2D eigenvalue weighted by molar-refractivity contribution is 0.417. The zero-order valence-electron chi connectivity index (χ0n) is 8.40. The van der Waals surface area contributed by atoms with Crippen molar-refractivity contribution in [2.75, 3.05) is 6.26 Å². The third-order valence-corrected chi connectivity index (χ3v) is 5.30. The Morgan fingerprint density at radius 2 is 2.13 bits per heavy atom. The summed E-state index contributed by atoms with van der Waals surface area (Å²) in [6.45, 7) is 0. The van der Waals surface area contributed by atoms with Crippen LogP contribution in [0.15, 0.2) is 17.3 Å². The molecule has 0 atom stereocenters. The minimum atomic E-state index is -3.19. The van der Waals surface area contributed by atoms with Crippen molar-refractivity contribution in [1.82, 2.24) is 4.98 Å². The van der Waals surface area contributed by atoms with Crippen LogP contribution in [0.5, 0.6) is 0 Å². The molecule has 1 saturated carbocycles. The van der Waals surface area contributed by atoms with Gasteiger partial charge in [-0.05, 0) is 53.0 Å². The number of sulfone groups is 1. The Hall–Kier alpha value is -0.170. The first-order valence-electron chi connectivity index (χ1n) is 4.84. The minimum absolute atomic E-state index is 0.229. The van der Waals surface area contributed by atoms with Gasteiger partial charge in [0.25, 0.3) is 0 Å². The number of rotatable bonds is 2. The van der Waals surface area contributed by atoms with Crippen LogP contribution < -0.4 is 0 Å². The van der Waals surface area contributed by atoms with Crippen LogP contribution >= 0.6 is 22.6 Å². The second-order valence-electron chi connectivity index (χ2n) is 3.92. The van der Waals surface area contributed by atoms with Crippen molar-refractivity contribution in [3.63, 3.8) is 0 Å². The van der Waals surface area contributed by atoms with E-state index in [0.717, 1.165) is 9.13 Å². The number of hydrogen-bond acceptors (Lipinski definition) is 3. The second-order valence-corrected chi connectivity index (χ2v) is 6.93. The summed E-state index contributed by atoms with van der Waals surface area (Å²) in [5, 5.41) is 0.229. The SMILES string of the molecule is CS(=O)(=O)c1nccc(C2CCC2)c1I. The molecule has 5 heteroatoms. The topological polar surface area (TPSA) is 47.0 Å². The van der Waals surface area contributed by atoms with E-state index in [1.807, 2.05) is 6.07 Å². The third-order valence-electron chi connectivity index (χ3n) is 2.78. The maximum atomic E-state index is 11.5. The summed E-state index contributed by atoms with van der Waals surface area (Å²) in [6.07, 6.45) is 6.40. The first kappa shape index (κ1) is 11.3. The van der Waals surface area contributed by atoms with E-state index in [9.17, 15) is 8.42 Å². The Bertz CT molecular complexity index is 480. The Morgan fingerprint density at radius 3 is 2.60 bits per heavy atom. The number of nitrogens with zero attached hydrogens (tertiary/aromatic N) is 1. The number of aromatic nitrogens is 1. The van der Waals surface area contributed by atoms with Crippen molar-refractivity contribution in [1.29, 1.82) is 0 Å². The first-order valence-corrected chi connectivity index (χ1v) is 7.81. The molecular weight excluding hydrogens is 325 g/mol. The maximum Gasteiger partial charge on any atom is 0.193 e. The van der Waals surface area contributed by atoms with Gasteiger partial charge in [0.2, 0.25) is 0 Å². The summed E-state index contributed by atoms with van der Waals surface area (Å²) in [5.74, 6) is 0.542. The molecule has 3 nitrogen and oxygen atoms in total. The summed E-state index contributed by atoms with van der Waals surface area (Å²) < 4.78 is 23.7. The van der Waals surface area contributed by atoms with E-state index >= 15 is 0 Å². The smallest absolute Gasteiger partial charge is 0.193 e. The van der Waals surface area contributed by atoms with Crippen molar-refractivity contribution in [2.24, 2.45) is 0 Å². The average Bonchev–Trinajstić information content (AvgIpc) is 2.03. The van der Waals surface area contributed by atoms with E-state index < -0.39 is 9.84 Å². The highest BCUT2D eigenvalue weighted by Gasteiger charge is 2.25. The molecule has 0 bridgehead atoms. The lowest BCUT2D eigenvalue weighted by atomic mass is 9.80. The van der Waals surface area contributed by atoms with Gasteiger partial charge in [-0.2, -0.15) is 0 Å². The molecule has 0 saturated heterocycles. The van der Waals surface area contributed by atoms with Crippen molar-refractivity contribution in [3.8, 4) is 0 Å². The van der Waals surface area contributed by atoms with E-state index in [-0.39, 0.29) is 5.03 Å². The highest BCUT2D eigenvalue weighted by Crippen LogP contribution is 2.39. The van der Waals surface area contributed by atoms with Gasteiger partial charge >= 0.3 is 0 Å². The zero-order valence-corrected chi connectivity index (χ0v) is 11.4. The molecule has 1 heterocycles. The first-order chi connectivity index (χ1) is 7.00. The monoisotopic (exact) mass is 337 g/mol. The van der Waals surface area contributed by atoms with Gasteiger partial charge in [-0.25, -0.2) is 13.4 Å². The van der Waals surface area contributed by atoms with E-state index in [1.165, 1.54) is 25.5 Å². The fraction of sp³-hybridized carbons (Fsp3) is 0.500. The van der Waals surface area contributed by atoms with Gasteiger partial charge in [-0.15, -0.1) is 0 Å². The van der Waals surface area contributed by atoms with Crippen molar-refractivity contribution < 1.29 is 8.42 Å². The van der Waals surface area contributed by atoms with Gasteiger partial charge in [0, 0.05) is 12.5 Å². The van der Waals surface area contributed by atoms with Gasteiger partial charge < -0.3 is 0 Å².